The van der Waals surface area contributed by atoms with Crippen molar-refractivity contribution >= 4 is 11.9 Å². The fourth-order valence-corrected chi connectivity index (χ4v) is 2.20. The Balaban J connectivity index is 0.000000209. The summed E-state index contributed by atoms with van der Waals surface area (Å²) in [7, 11) is 0. The molecule has 2 aromatic rings. The molecule has 8 nitrogen and oxygen atoms in total. The summed E-state index contributed by atoms with van der Waals surface area (Å²) in [6, 6.07) is 18.6. The van der Waals surface area contributed by atoms with Gasteiger partial charge in [-0.15, -0.1) is 0 Å². The summed E-state index contributed by atoms with van der Waals surface area (Å²) < 4.78 is 9.49. The molecule has 0 bridgehead atoms. The minimum Gasteiger partial charge on any atom is -0.505 e. The van der Waals surface area contributed by atoms with E-state index in [0.717, 1.165) is 5.56 Å². The maximum absolute atomic E-state index is 11.6. The maximum Gasteiger partial charge on any atom is 0.377 e. The Bertz CT molecular complexity index is 817. The number of carbonyl (C=O) groups excluding carboxylic acids is 2. The number of esters is 2. The van der Waals surface area contributed by atoms with E-state index in [-0.39, 0.29) is 5.97 Å². The van der Waals surface area contributed by atoms with Crippen LogP contribution in [0.15, 0.2) is 72.2 Å². The molecule has 0 spiro atoms. The largest absolute Gasteiger partial charge is 0.505 e. The second kappa shape index (κ2) is 10.1. The highest BCUT2D eigenvalue weighted by molar-refractivity contribution is 5.89. The Kier molecular flexibility index (Phi) is 7.55. The molecule has 0 saturated carbocycles. The summed E-state index contributed by atoms with van der Waals surface area (Å²) in [5, 5.41) is 35.0. The summed E-state index contributed by atoms with van der Waals surface area (Å²) in [6.07, 6.45) is -2.78. The Hall–Kier alpha value is -3.36. The van der Waals surface area contributed by atoms with Crippen LogP contribution in [0.25, 0.3) is 0 Å². The molecule has 1 aliphatic heterocycles. The molecule has 28 heavy (non-hydrogen) atoms. The molecule has 2 aromatic carbocycles. The van der Waals surface area contributed by atoms with Crippen molar-refractivity contribution in [3.05, 3.63) is 83.3 Å². The van der Waals surface area contributed by atoms with Gasteiger partial charge in [-0.05, 0) is 17.7 Å². The van der Waals surface area contributed by atoms with E-state index in [2.05, 4.69) is 4.74 Å². The Labute approximate surface area is 160 Å². The van der Waals surface area contributed by atoms with E-state index in [1.54, 1.807) is 12.1 Å². The van der Waals surface area contributed by atoms with E-state index >= 15 is 0 Å². The number of hydrogen-bond acceptors (Lipinski definition) is 8. The van der Waals surface area contributed by atoms with Gasteiger partial charge >= 0.3 is 11.9 Å². The normalized spacial score (nSPS) is 16.6. The molecular weight excluding hydrogens is 368 g/mol. The van der Waals surface area contributed by atoms with Crippen molar-refractivity contribution in [2.45, 2.75) is 18.8 Å². The van der Waals surface area contributed by atoms with Gasteiger partial charge in [-0.3, -0.25) is 0 Å². The van der Waals surface area contributed by atoms with Crippen molar-refractivity contribution in [2.75, 3.05) is 6.61 Å². The number of ether oxygens (including phenoxy) is 2. The summed E-state index contributed by atoms with van der Waals surface area (Å²) in [4.78, 5) is 22.1. The average Bonchev–Trinajstić information content (AvgIpc) is 3.00. The van der Waals surface area contributed by atoms with Gasteiger partial charge in [0.2, 0.25) is 5.76 Å². The van der Waals surface area contributed by atoms with Crippen molar-refractivity contribution in [2.24, 2.45) is 0 Å². The summed E-state index contributed by atoms with van der Waals surface area (Å²) >= 11 is 0. The average molecular weight is 388 g/mol. The monoisotopic (exact) mass is 388 g/mol. The second-order valence-corrected chi connectivity index (χ2v) is 5.74. The highest BCUT2D eigenvalue weighted by Gasteiger charge is 2.38. The lowest BCUT2D eigenvalue weighted by molar-refractivity contribution is -0.147. The van der Waals surface area contributed by atoms with Crippen molar-refractivity contribution in [3.63, 3.8) is 0 Å². The molecule has 0 fully saturated rings. The zero-order chi connectivity index (χ0) is 20.5. The fourth-order valence-electron chi connectivity index (χ4n) is 2.20. The number of cyclic esters (lactones) is 1. The van der Waals surface area contributed by atoms with Gasteiger partial charge in [-0.2, -0.15) is 0 Å². The third-order valence-electron chi connectivity index (χ3n) is 3.70. The molecule has 0 radical (unpaired) electrons. The van der Waals surface area contributed by atoms with Gasteiger partial charge in [-0.1, -0.05) is 48.5 Å². The first kappa shape index (κ1) is 20.9. The van der Waals surface area contributed by atoms with E-state index in [4.69, 9.17) is 25.2 Å². The summed E-state index contributed by atoms with van der Waals surface area (Å²) in [5.41, 5.74) is 1.57. The van der Waals surface area contributed by atoms with Crippen molar-refractivity contribution in [1.82, 2.24) is 0 Å². The van der Waals surface area contributed by atoms with Gasteiger partial charge in [0, 0.05) is 0 Å². The SMILES string of the molecule is O=C(OCc1ccccc1)c1ccccc1.O=C1O[C@H]([C@@H](O)CO)C(O)=C1O. The third kappa shape index (κ3) is 5.57. The van der Waals surface area contributed by atoms with Crippen molar-refractivity contribution in [1.29, 1.82) is 0 Å². The molecular formula is C20H20O8. The van der Waals surface area contributed by atoms with Gasteiger partial charge in [0.05, 0.1) is 12.2 Å². The maximum atomic E-state index is 11.6. The zero-order valence-electron chi connectivity index (χ0n) is 14.8. The summed E-state index contributed by atoms with van der Waals surface area (Å²) in [5.74, 6) is -3.07. The third-order valence-corrected chi connectivity index (χ3v) is 3.70. The number of hydrogen-bond donors (Lipinski definition) is 4. The molecule has 3 rings (SSSR count). The van der Waals surface area contributed by atoms with Gasteiger partial charge in [0.1, 0.15) is 12.7 Å². The van der Waals surface area contributed by atoms with Gasteiger partial charge in [0.25, 0.3) is 0 Å². The number of benzene rings is 2. The molecule has 0 unspecified atom stereocenters. The molecule has 0 saturated heterocycles. The second-order valence-electron chi connectivity index (χ2n) is 5.74. The molecule has 0 aromatic heterocycles. The smallest absolute Gasteiger partial charge is 0.377 e. The number of rotatable bonds is 5. The van der Waals surface area contributed by atoms with Crippen LogP contribution < -0.4 is 0 Å². The molecule has 0 aliphatic carbocycles. The molecule has 0 amide bonds. The standard InChI is InChI=1S/C14H12O2.C6H8O6/c15-14(13-9-5-2-6-10-13)16-11-12-7-3-1-4-8-12;7-1-2(8)5-3(9)4(10)6(11)12-5/h1-10H,11H2;2,5,7-10H,1H2/t;2-,5+/m.0/s1. The highest BCUT2D eigenvalue weighted by Crippen LogP contribution is 2.20. The quantitative estimate of drug-likeness (QED) is 0.568. The molecule has 2 atom stereocenters. The number of carbonyl (C=O) groups is 2. The van der Waals surface area contributed by atoms with Crippen LogP contribution >= 0.6 is 0 Å². The van der Waals surface area contributed by atoms with Gasteiger partial charge < -0.3 is 29.9 Å². The molecule has 1 heterocycles. The number of aliphatic hydroxyl groups excluding tert-OH is 4. The van der Waals surface area contributed by atoms with Crippen LogP contribution in [0, 0.1) is 0 Å². The highest BCUT2D eigenvalue weighted by atomic mass is 16.6. The Morgan fingerprint density at radius 1 is 1.04 bits per heavy atom. The minimum absolute atomic E-state index is 0.288. The van der Waals surface area contributed by atoms with E-state index in [1.165, 1.54) is 0 Å². The lowest BCUT2D eigenvalue weighted by atomic mass is 10.2. The van der Waals surface area contributed by atoms with E-state index < -0.39 is 36.3 Å². The molecule has 148 valence electrons. The van der Waals surface area contributed by atoms with Crippen LogP contribution in [-0.4, -0.2) is 51.2 Å². The fraction of sp³-hybridized carbons (Fsp3) is 0.200. The Morgan fingerprint density at radius 3 is 2.11 bits per heavy atom. The van der Waals surface area contributed by atoms with Gasteiger partial charge in [0.15, 0.2) is 11.9 Å². The molecule has 4 N–H and O–H groups in total. The van der Waals surface area contributed by atoms with Crippen LogP contribution in [0.3, 0.4) is 0 Å². The zero-order valence-corrected chi connectivity index (χ0v) is 14.8. The predicted molar refractivity (Wildman–Crippen MR) is 97.3 cm³/mol. The summed E-state index contributed by atoms with van der Waals surface area (Å²) in [6.45, 7) is -0.357. The first-order valence-electron chi connectivity index (χ1n) is 8.32. The topological polar surface area (TPSA) is 134 Å². The molecule has 1 aliphatic rings. The van der Waals surface area contributed by atoms with E-state index in [0.29, 0.717) is 12.2 Å². The van der Waals surface area contributed by atoms with Crippen LogP contribution in [-0.2, 0) is 20.9 Å². The van der Waals surface area contributed by atoms with Crippen LogP contribution in [0.4, 0.5) is 0 Å². The van der Waals surface area contributed by atoms with Crippen LogP contribution in [0.1, 0.15) is 15.9 Å². The Morgan fingerprint density at radius 2 is 1.61 bits per heavy atom. The lowest BCUT2D eigenvalue weighted by Crippen LogP contribution is -2.31. The minimum atomic E-state index is -1.42. The predicted octanol–water partition coefficient (Wildman–Crippen LogP) is 1.64. The first-order chi connectivity index (χ1) is 13.4. The van der Waals surface area contributed by atoms with Crippen LogP contribution in [0.2, 0.25) is 0 Å². The van der Waals surface area contributed by atoms with E-state index in [1.807, 2.05) is 48.5 Å². The number of aliphatic hydroxyl groups is 4. The van der Waals surface area contributed by atoms with E-state index in [9.17, 15) is 9.59 Å². The van der Waals surface area contributed by atoms with Gasteiger partial charge in [-0.25, -0.2) is 9.59 Å². The van der Waals surface area contributed by atoms with Crippen LogP contribution in [0.5, 0.6) is 0 Å². The lowest BCUT2D eigenvalue weighted by Gasteiger charge is -2.13. The molecule has 8 heteroatoms. The van der Waals surface area contributed by atoms with Crippen molar-refractivity contribution in [3.8, 4) is 0 Å². The first-order valence-corrected chi connectivity index (χ1v) is 8.32. The van der Waals surface area contributed by atoms with Crippen molar-refractivity contribution < 1.29 is 39.5 Å².